The minimum Gasteiger partial charge on any atom is -0.492 e. The van der Waals surface area contributed by atoms with E-state index in [0.29, 0.717) is 23.9 Å². The van der Waals surface area contributed by atoms with Crippen molar-refractivity contribution in [1.82, 2.24) is 5.32 Å². The number of benzene rings is 1. The zero-order valence-corrected chi connectivity index (χ0v) is 10.4. The Morgan fingerprint density at radius 2 is 2.19 bits per heavy atom. The first-order chi connectivity index (χ1) is 7.69. The molecule has 0 amide bonds. The Kier molecular flexibility index (Phi) is 5.60. The van der Waals surface area contributed by atoms with Gasteiger partial charge in [-0.25, -0.2) is 0 Å². The van der Waals surface area contributed by atoms with E-state index in [9.17, 15) is 5.11 Å². The monoisotopic (exact) mass is 243 g/mol. The average molecular weight is 244 g/mol. The van der Waals surface area contributed by atoms with Crippen LogP contribution in [-0.4, -0.2) is 24.8 Å². The number of nitrogens with one attached hydrogen (secondary N) is 1. The van der Waals surface area contributed by atoms with Gasteiger partial charge in [0.25, 0.3) is 0 Å². The largest absolute Gasteiger partial charge is 0.492 e. The number of ether oxygens (including phenoxy) is 1. The van der Waals surface area contributed by atoms with E-state index in [1.54, 1.807) is 12.1 Å². The summed E-state index contributed by atoms with van der Waals surface area (Å²) in [7, 11) is 0. The fraction of sp³-hybridized carbons (Fsp3) is 0.500. The fourth-order valence-corrected chi connectivity index (χ4v) is 1.64. The standard InChI is InChI=1S/C12H18ClNO2/c1-3-14-8-11(15)9-5-6-12(16-4-2)10(13)7-9/h5-7,11,14-15H,3-4,8H2,1-2H3. The molecule has 0 aromatic heterocycles. The van der Waals surface area contributed by atoms with Gasteiger partial charge in [-0.05, 0) is 31.2 Å². The van der Waals surface area contributed by atoms with Crippen LogP contribution in [0.1, 0.15) is 25.5 Å². The fourth-order valence-electron chi connectivity index (χ4n) is 1.40. The summed E-state index contributed by atoms with van der Waals surface area (Å²) in [6.07, 6.45) is -0.534. The lowest BCUT2D eigenvalue weighted by Gasteiger charge is -2.13. The summed E-state index contributed by atoms with van der Waals surface area (Å²) in [5, 5.41) is 13.5. The van der Waals surface area contributed by atoms with Crippen LogP contribution in [0.2, 0.25) is 5.02 Å². The van der Waals surface area contributed by atoms with Crippen LogP contribution >= 0.6 is 11.6 Å². The first-order valence-corrected chi connectivity index (χ1v) is 5.87. The van der Waals surface area contributed by atoms with E-state index < -0.39 is 6.10 Å². The van der Waals surface area contributed by atoms with Crippen LogP contribution in [-0.2, 0) is 0 Å². The average Bonchev–Trinajstić information content (AvgIpc) is 2.29. The Bertz CT molecular complexity index is 331. The third-order valence-electron chi connectivity index (χ3n) is 2.23. The number of aliphatic hydroxyl groups excluding tert-OH is 1. The van der Waals surface area contributed by atoms with E-state index in [-0.39, 0.29) is 0 Å². The zero-order valence-electron chi connectivity index (χ0n) is 9.66. The molecule has 1 unspecified atom stereocenters. The van der Waals surface area contributed by atoms with Gasteiger partial charge in [0.1, 0.15) is 5.75 Å². The topological polar surface area (TPSA) is 41.5 Å². The predicted octanol–water partition coefficient (Wildman–Crippen LogP) is 2.38. The lowest BCUT2D eigenvalue weighted by Crippen LogP contribution is -2.20. The molecule has 1 aromatic rings. The Balaban J connectivity index is 2.71. The van der Waals surface area contributed by atoms with Crippen molar-refractivity contribution in [3.05, 3.63) is 28.8 Å². The molecule has 0 heterocycles. The van der Waals surface area contributed by atoms with Gasteiger partial charge in [0.2, 0.25) is 0 Å². The van der Waals surface area contributed by atoms with E-state index in [0.717, 1.165) is 12.1 Å². The van der Waals surface area contributed by atoms with Gasteiger partial charge in [-0.1, -0.05) is 24.6 Å². The maximum atomic E-state index is 9.83. The van der Waals surface area contributed by atoms with Crippen molar-refractivity contribution >= 4 is 11.6 Å². The van der Waals surface area contributed by atoms with E-state index in [2.05, 4.69) is 5.32 Å². The van der Waals surface area contributed by atoms with Crippen molar-refractivity contribution < 1.29 is 9.84 Å². The van der Waals surface area contributed by atoms with E-state index in [1.165, 1.54) is 0 Å². The molecule has 0 bridgehead atoms. The molecule has 2 N–H and O–H groups in total. The van der Waals surface area contributed by atoms with Gasteiger partial charge in [-0.3, -0.25) is 0 Å². The molecule has 0 aliphatic rings. The number of hydrogen-bond acceptors (Lipinski definition) is 3. The highest BCUT2D eigenvalue weighted by Gasteiger charge is 2.09. The summed E-state index contributed by atoms with van der Waals surface area (Å²) >= 11 is 6.03. The first kappa shape index (κ1) is 13.3. The van der Waals surface area contributed by atoms with Crippen molar-refractivity contribution in [2.75, 3.05) is 19.7 Å². The Morgan fingerprint density at radius 3 is 2.75 bits per heavy atom. The SMILES string of the molecule is CCNCC(O)c1ccc(OCC)c(Cl)c1. The van der Waals surface area contributed by atoms with Crippen LogP contribution in [0.4, 0.5) is 0 Å². The summed E-state index contributed by atoms with van der Waals surface area (Å²) in [4.78, 5) is 0. The lowest BCUT2D eigenvalue weighted by molar-refractivity contribution is 0.175. The van der Waals surface area contributed by atoms with E-state index >= 15 is 0 Å². The molecule has 4 heteroatoms. The van der Waals surface area contributed by atoms with Gasteiger partial charge >= 0.3 is 0 Å². The molecule has 0 saturated carbocycles. The van der Waals surface area contributed by atoms with Crippen molar-refractivity contribution in [1.29, 1.82) is 0 Å². The highest BCUT2D eigenvalue weighted by atomic mass is 35.5. The Hall–Kier alpha value is -0.770. The maximum absolute atomic E-state index is 9.83. The molecule has 0 saturated heterocycles. The van der Waals surface area contributed by atoms with Gasteiger partial charge in [0.15, 0.2) is 0 Å². The second kappa shape index (κ2) is 6.74. The summed E-state index contributed by atoms with van der Waals surface area (Å²) < 4.78 is 5.32. The molecule has 90 valence electrons. The Labute approximate surface area is 101 Å². The summed E-state index contributed by atoms with van der Waals surface area (Å²) in [5.41, 5.74) is 0.800. The number of rotatable bonds is 6. The lowest BCUT2D eigenvalue weighted by atomic mass is 10.1. The summed E-state index contributed by atoms with van der Waals surface area (Å²) in [6.45, 7) is 5.85. The van der Waals surface area contributed by atoms with Crippen LogP contribution in [0.3, 0.4) is 0 Å². The molecule has 1 rings (SSSR count). The highest BCUT2D eigenvalue weighted by Crippen LogP contribution is 2.27. The quantitative estimate of drug-likeness (QED) is 0.806. The minimum atomic E-state index is -0.534. The maximum Gasteiger partial charge on any atom is 0.137 e. The third-order valence-corrected chi connectivity index (χ3v) is 2.52. The molecule has 0 spiro atoms. The van der Waals surface area contributed by atoms with Crippen molar-refractivity contribution in [3.8, 4) is 5.75 Å². The van der Waals surface area contributed by atoms with Gasteiger partial charge in [-0.15, -0.1) is 0 Å². The molecule has 0 fully saturated rings. The second-order valence-corrected chi connectivity index (χ2v) is 3.85. The summed E-state index contributed by atoms with van der Waals surface area (Å²) in [6, 6.07) is 5.36. The van der Waals surface area contributed by atoms with Gasteiger partial charge in [-0.2, -0.15) is 0 Å². The molecular formula is C12H18ClNO2. The molecule has 16 heavy (non-hydrogen) atoms. The van der Waals surface area contributed by atoms with Crippen molar-refractivity contribution in [3.63, 3.8) is 0 Å². The van der Waals surface area contributed by atoms with Gasteiger partial charge in [0.05, 0.1) is 17.7 Å². The normalized spacial score (nSPS) is 12.5. The smallest absolute Gasteiger partial charge is 0.137 e. The molecule has 3 nitrogen and oxygen atoms in total. The molecule has 0 aliphatic heterocycles. The number of likely N-dealkylation sites (N-methyl/N-ethyl adjacent to an activating group) is 1. The molecule has 0 aliphatic carbocycles. The van der Waals surface area contributed by atoms with Crippen LogP contribution in [0.5, 0.6) is 5.75 Å². The van der Waals surface area contributed by atoms with E-state index in [4.69, 9.17) is 16.3 Å². The molecule has 1 atom stereocenters. The number of halogens is 1. The van der Waals surface area contributed by atoms with Crippen molar-refractivity contribution in [2.45, 2.75) is 20.0 Å². The minimum absolute atomic E-state index is 0.529. The highest BCUT2D eigenvalue weighted by molar-refractivity contribution is 6.32. The predicted molar refractivity (Wildman–Crippen MR) is 66.1 cm³/mol. The molecule has 0 radical (unpaired) electrons. The first-order valence-electron chi connectivity index (χ1n) is 5.50. The molecule has 1 aromatic carbocycles. The Morgan fingerprint density at radius 1 is 1.44 bits per heavy atom. The second-order valence-electron chi connectivity index (χ2n) is 3.45. The van der Waals surface area contributed by atoms with Crippen LogP contribution in [0.15, 0.2) is 18.2 Å². The van der Waals surface area contributed by atoms with Crippen LogP contribution in [0.25, 0.3) is 0 Å². The number of aliphatic hydroxyl groups is 1. The zero-order chi connectivity index (χ0) is 12.0. The van der Waals surface area contributed by atoms with Gasteiger partial charge < -0.3 is 15.2 Å². The number of hydrogen-bond donors (Lipinski definition) is 2. The van der Waals surface area contributed by atoms with Crippen LogP contribution < -0.4 is 10.1 Å². The van der Waals surface area contributed by atoms with Gasteiger partial charge in [0, 0.05) is 6.54 Å². The summed E-state index contributed by atoms with van der Waals surface area (Å²) in [5.74, 6) is 0.656. The molecular weight excluding hydrogens is 226 g/mol. The van der Waals surface area contributed by atoms with Crippen LogP contribution in [0, 0.1) is 0 Å². The van der Waals surface area contributed by atoms with E-state index in [1.807, 2.05) is 19.9 Å². The third kappa shape index (κ3) is 3.67. The van der Waals surface area contributed by atoms with Crippen molar-refractivity contribution in [2.24, 2.45) is 0 Å².